The minimum absolute atomic E-state index is 0.0428. The van der Waals surface area contributed by atoms with Gasteiger partial charge >= 0.3 is 5.97 Å². The maximum Gasteiger partial charge on any atom is 0.338 e. The smallest absolute Gasteiger partial charge is 0.338 e. The zero-order valence-electron chi connectivity index (χ0n) is 19.6. The standard InChI is InChI=1S/C28H25N3O5/c32-25(31-15-13-20(14-16-31)27(33)29-22-9-5-2-6-10-22)18-35-28(34)21-11-12-24-23(17-21)26(36-30-24)19-7-3-1-4-8-19/h1-12,17,20H,13-16,18H2,(H,29,33). The molecule has 0 atom stereocenters. The monoisotopic (exact) mass is 483 g/mol. The first-order valence-corrected chi connectivity index (χ1v) is 11.8. The number of nitrogens with one attached hydrogen (secondary N) is 1. The van der Waals surface area contributed by atoms with Gasteiger partial charge in [-0.05, 0) is 43.2 Å². The number of rotatable bonds is 6. The van der Waals surface area contributed by atoms with Gasteiger partial charge in [-0.2, -0.15) is 0 Å². The Bertz CT molecular complexity index is 1380. The number of fused-ring (bicyclic) bond motifs is 1. The summed E-state index contributed by atoms with van der Waals surface area (Å²) in [5, 5.41) is 7.66. The van der Waals surface area contributed by atoms with Crippen LogP contribution in [0.15, 0.2) is 83.4 Å². The Kier molecular flexibility index (Phi) is 6.75. The molecule has 1 N–H and O–H groups in total. The van der Waals surface area contributed by atoms with Gasteiger partial charge in [0, 0.05) is 30.3 Å². The normalized spacial score (nSPS) is 13.9. The van der Waals surface area contributed by atoms with Crippen LogP contribution in [0.2, 0.25) is 0 Å². The summed E-state index contributed by atoms with van der Waals surface area (Å²) in [6.07, 6.45) is 1.12. The first-order chi connectivity index (χ1) is 17.6. The van der Waals surface area contributed by atoms with E-state index < -0.39 is 5.97 Å². The van der Waals surface area contributed by atoms with Crippen molar-refractivity contribution >= 4 is 34.4 Å². The molecule has 2 heterocycles. The molecule has 1 aliphatic rings. The van der Waals surface area contributed by atoms with Crippen molar-refractivity contribution in [3.8, 4) is 11.3 Å². The number of esters is 1. The molecule has 36 heavy (non-hydrogen) atoms. The molecule has 0 saturated carbocycles. The molecule has 1 fully saturated rings. The second-order valence-electron chi connectivity index (χ2n) is 8.70. The summed E-state index contributed by atoms with van der Waals surface area (Å²) < 4.78 is 10.8. The van der Waals surface area contributed by atoms with Crippen LogP contribution in [-0.4, -0.2) is 47.5 Å². The molecule has 1 saturated heterocycles. The molecule has 2 amide bonds. The molecule has 0 unspecified atom stereocenters. The van der Waals surface area contributed by atoms with Crippen molar-refractivity contribution in [3.63, 3.8) is 0 Å². The third-order valence-corrected chi connectivity index (χ3v) is 6.33. The Morgan fingerprint density at radius 1 is 0.944 bits per heavy atom. The average molecular weight is 484 g/mol. The number of hydrogen-bond acceptors (Lipinski definition) is 6. The van der Waals surface area contributed by atoms with Gasteiger partial charge in [0.2, 0.25) is 5.91 Å². The highest BCUT2D eigenvalue weighted by atomic mass is 16.5. The minimum atomic E-state index is -0.595. The second kappa shape index (κ2) is 10.4. The minimum Gasteiger partial charge on any atom is -0.452 e. The summed E-state index contributed by atoms with van der Waals surface area (Å²) in [7, 11) is 0. The lowest BCUT2D eigenvalue weighted by Gasteiger charge is -2.31. The van der Waals surface area contributed by atoms with E-state index in [0.717, 1.165) is 11.3 Å². The van der Waals surface area contributed by atoms with Gasteiger partial charge in [0.15, 0.2) is 12.4 Å². The third kappa shape index (κ3) is 5.12. The zero-order chi connectivity index (χ0) is 24.9. The van der Waals surface area contributed by atoms with Crippen molar-refractivity contribution in [1.29, 1.82) is 0 Å². The van der Waals surface area contributed by atoms with Gasteiger partial charge in [-0.3, -0.25) is 9.59 Å². The van der Waals surface area contributed by atoms with E-state index in [4.69, 9.17) is 9.26 Å². The number of likely N-dealkylation sites (tertiary alicyclic amines) is 1. The van der Waals surface area contributed by atoms with Crippen LogP contribution in [0.3, 0.4) is 0 Å². The molecule has 1 aromatic heterocycles. The maximum atomic E-state index is 12.7. The Balaban J connectivity index is 1.15. The first-order valence-electron chi connectivity index (χ1n) is 11.8. The molecule has 8 nitrogen and oxygen atoms in total. The number of benzene rings is 3. The van der Waals surface area contributed by atoms with Crippen LogP contribution in [0.5, 0.6) is 0 Å². The zero-order valence-corrected chi connectivity index (χ0v) is 19.6. The Labute approximate surface area is 207 Å². The molecule has 0 radical (unpaired) electrons. The molecule has 4 aromatic rings. The predicted octanol–water partition coefficient (Wildman–Crippen LogP) is 4.53. The van der Waals surface area contributed by atoms with E-state index >= 15 is 0 Å². The van der Waals surface area contributed by atoms with E-state index in [1.54, 1.807) is 23.1 Å². The fraction of sp³-hybridized carbons (Fsp3) is 0.214. The lowest BCUT2D eigenvalue weighted by molar-refractivity contribution is -0.137. The fourth-order valence-corrected chi connectivity index (χ4v) is 4.33. The predicted molar refractivity (Wildman–Crippen MR) is 134 cm³/mol. The van der Waals surface area contributed by atoms with Crippen molar-refractivity contribution in [3.05, 3.63) is 84.4 Å². The van der Waals surface area contributed by atoms with E-state index in [2.05, 4.69) is 10.5 Å². The van der Waals surface area contributed by atoms with Crippen molar-refractivity contribution in [1.82, 2.24) is 10.1 Å². The highest BCUT2D eigenvalue weighted by molar-refractivity contribution is 5.99. The number of aromatic nitrogens is 1. The summed E-state index contributed by atoms with van der Waals surface area (Å²) in [4.78, 5) is 39.4. The van der Waals surface area contributed by atoms with Gasteiger partial charge < -0.3 is 19.5 Å². The van der Waals surface area contributed by atoms with Crippen LogP contribution in [-0.2, 0) is 14.3 Å². The van der Waals surface area contributed by atoms with Crippen LogP contribution in [0.25, 0.3) is 22.2 Å². The van der Waals surface area contributed by atoms with Gasteiger partial charge in [0.05, 0.1) is 10.9 Å². The Morgan fingerprint density at radius 2 is 1.64 bits per heavy atom. The highest BCUT2D eigenvalue weighted by Crippen LogP contribution is 2.29. The molecule has 0 aliphatic carbocycles. The van der Waals surface area contributed by atoms with Gasteiger partial charge in [-0.1, -0.05) is 53.7 Å². The summed E-state index contributed by atoms with van der Waals surface area (Å²) in [5.41, 5.74) is 2.54. The second-order valence-corrected chi connectivity index (χ2v) is 8.70. The van der Waals surface area contributed by atoms with E-state index in [-0.39, 0.29) is 24.3 Å². The van der Waals surface area contributed by atoms with Crippen molar-refractivity contribution in [2.24, 2.45) is 5.92 Å². The number of anilines is 1. The number of nitrogens with zero attached hydrogens (tertiary/aromatic N) is 2. The Hall–Kier alpha value is -4.46. The highest BCUT2D eigenvalue weighted by Gasteiger charge is 2.28. The lowest BCUT2D eigenvalue weighted by atomic mass is 9.95. The van der Waals surface area contributed by atoms with E-state index in [1.807, 2.05) is 60.7 Å². The van der Waals surface area contributed by atoms with Crippen LogP contribution < -0.4 is 5.32 Å². The van der Waals surface area contributed by atoms with Crippen molar-refractivity contribution in [2.75, 3.05) is 25.0 Å². The van der Waals surface area contributed by atoms with E-state index in [1.165, 1.54) is 0 Å². The van der Waals surface area contributed by atoms with Gasteiger partial charge in [-0.25, -0.2) is 4.79 Å². The van der Waals surface area contributed by atoms with Gasteiger partial charge in [-0.15, -0.1) is 0 Å². The van der Waals surface area contributed by atoms with Gasteiger partial charge in [0.1, 0.15) is 5.52 Å². The maximum absolute atomic E-state index is 12.7. The topological polar surface area (TPSA) is 102 Å². The first kappa shape index (κ1) is 23.3. The largest absolute Gasteiger partial charge is 0.452 e. The molecular weight excluding hydrogens is 458 g/mol. The Morgan fingerprint density at radius 3 is 2.36 bits per heavy atom. The number of carbonyl (C=O) groups excluding carboxylic acids is 3. The van der Waals surface area contributed by atoms with Crippen LogP contribution in [0, 0.1) is 5.92 Å². The lowest BCUT2D eigenvalue weighted by Crippen LogP contribution is -2.43. The van der Waals surface area contributed by atoms with Crippen LogP contribution in [0.1, 0.15) is 23.2 Å². The van der Waals surface area contributed by atoms with Gasteiger partial charge in [0.25, 0.3) is 5.91 Å². The van der Waals surface area contributed by atoms with Crippen molar-refractivity contribution in [2.45, 2.75) is 12.8 Å². The number of amides is 2. The summed E-state index contributed by atoms with van der Waals surface area (Å²) in [6.45, 7) is 0.527. The fourth-order valence-electron chi connectivity index (χ4n) is 4.33. The molecule has 3 aromatic carbocycles. The number of hydrogen-bond donors (Lipinski definition) is 1. The van der Waals surface area contributed by atoms with Crippen molar-refractivity contribution < 1.29 is 23.6 Å². The molecule has 8 heteroatoms. The molecule has 0 spiro atoms. The molecule has 5 rings (SSSR count). The number of ether oxygens (including phenoxy) is 1. The molecule has 182 valence electrons. The summed E-state index contributed by atoms with van der Waals surface area (Å²) >= 11 is 0. The third-order valence-electron chi connectivity index (χ3n) is 6.33. The van der Waals surface area contributed by atoms with Crippen LogP contribution >= 0.6 is 0 Å². The number of carbonyl (C=O) groups is 3. The SMILES string of the molecule is O=C(OCC(=O)N1CCC(C(=O)Nc2ccccc2)CC1)c1ccc2noc(-c3ccccc3)c2c1. The molecular formula is C28H25N3O5. The van der Waals surface area contributed by atoms with E-state index in [9.17, 15) is 14.4 Å². The summed E-state index contributed by atoms with van der Waals surface area (Å²) in [6, 6.07) is 23.8. The van der Waals surface area contributed by atoms with Crippen LogP contribution in [0.4, 0.5) is 5.69 Å². The molecule has 1 aliphatic heterocycles. The number of para-hydroxylation sites is 1. The number of piperidine rings is 1. The quantitative estimate of drug-likeness (QED) is 0.405. The van der Waals surface area contributed by atoms with E-state index in [0.29, 0.717) is 48.2 Å². The summed E-state index contributed by atoms with van der Waals surface area (Å²) in [5.74, 6) is -0.510. The average Bonchev–Trinajstić information content (AvgIpc) is 3.36. The molecule has 0 bridgehead atoms.